The first-order chi connectivity index (χ1) is 15.0. The summed E-state index contributed by atoms with van der Waals surface area (Å²) < 4.78 is 0. The van der Waals surface area contributed by atoms with Gasteiger partial charge in [0.25, 0.3) is 5.09 Å². The third kappa shape index (κ3) is 14.9. The van der Waals surface area contributed by atoms with Gasteiger partial charge in [0.15, 0.2) is 10.9 Å². The van der Waals surface area contributed by atoms with Gasteiger partial charge in [-0.05, 0) is 13.3 Å². The van der Waals surface area contributed by atoms with Crippen LogP contribution in [0, 0.1) is 17.0 Å². The molecule has 1 N–H and O–H groups in total. The van der Waals surface area contributed by atoms with Crippen LogP contribution in [0.15, 0.2) is 0 Å². The first kappa shape index (κ1) is 27.3. The van der Waals surface area contributed by atoms with E-state index < -0.39 is 5.09 Å². The largest absolute Gasteiger partial charge is 0.354 e. The van der Waals surface area contributed by atoms with Crippen molar-refractivity contribution in [1.29, 1.82) is 0 Å². The van der Waals surface area contributed by atoms with Gasteiger partial charge in [0, 0.05) is 17.7 Å². The highest BCUT2D eigenvalue weighted by atomic mass is 32.1. The molecule has 1 heterocycles. The molecule has 0 spiro atoms. The minimum absolute atomic E-state index is 0.0213. The quantitative estimate of drug-likeness (QED) is 0.126. The second-order valence-electron chi connectivity index (χ2n) is 8.22. The standard InChI is InChI=1S/C23H41N3O4S/c1-3-4-5-6-7-8-9-10-11-12-13-14-15-16-21(27)19-24-23-25-20(2)22(31-23)17-18-30-26(28)29/h3-19H2,1-2H3,(H,24,25). The van der Waals surface area contributed by atoms with Gasteiger partial charge in [-0.2, -0.15) is 0 Å². The van der Waals surface area contributed by atoms with E-state index in [1.165, 1.54) is 82.0 Å². The number of thiazole rings is 1. The summed E-state index contributed by atoms with van der Waals surface area (Å²) in [4.78, 5) is 32.0. The summed E-state index contributed by atoms with van der Waals surface area (Å²) in [5, 5.41) is 13.2. The minimum atomic E-state index is -0.787. The van der Waals surface area contributed by atoms with Crippen LogP contribution in [0.2, 0.25) is 0 Å². The van der Waals surface area contributed by atoms with Crippen molar-refractivity contribution >= 4 is 22.3 Å². The number of aryl methyl sites for hydroxylation is 1. The number of Topliss-reactive ketones (excluding diaryl/α,β-unsaturated/α-hetero) is 1. The van der Waals surface area contributed by atoms with E-state index in [1.54, 1.807) is 0 Å². The molecule has 0 fully saturated rings. The number of carbonyl (C=O) groups is 1. The molecule has 0 saturated carbocycles. The van der Waals surface area contributed by atoms with Crippen LogP contribution in [0.1, 0.15) is 107 Å². The molecular weight excluding hydrogens is 414 g/mol. The molecule has 0 aliphatic heterocycles. The second-order valence-corrected chi connectivity index (χ2v) is 9.30. The molecule has 0 unspecified atom stereocenters. The van der Waals surface area contributed by atoms with Crippen LogP contribution in [-0.4, -0.2) is 29.0 Å². The summed E-state index contributed by atoms with van der Waals surface area (Å²) in [5.41, 5.74) is 0.823. The van der Waals surface area contributed by atoms with Gasteiger partial charge in [-0.15, -0.1) is 21.5 Å². The SMILES string of the molecule is CCCCCCCCCCCCCCCC(=O)CNc1nc(C)c(CCO[N+](=O)[O-])s1. The zero-order valence-corrected chi connectivity index (χ0v) is 20.3. The van der Waals surface area contributed by atoms with E-state index in [9.17, 15) is 14.9 Å². The van der Waals surface area contributed by atoms with Crippen molar-refractivity contribution in [3.8, 4) is 0 Å². The highest BCUT2D eigenvalue weighted by Crippen LogP contribution is 2.23. The van der Waals surface area contributed by atoms with Crippen LogP contribution >= 0.6 is 11.3 Å². The Hall–Kier alpha value is -1.70. The molecule has 0 aliphatic carbocycles. The van der Waals surface area contributed by atoms with E-state index in [2.05, 4.69) is 22.1 Å². The Kier molecular flexibility index (Phi) is 15.8. The second kappa shape index (κ2) is 17.9. The maximum Gasteiger partial charge on any atom is 0.294 e. The lowest BCUT2D eigenvalue weighted by atomic mass is 10.0. The molecule has 0 atom stereocenters. The molecule has 1 aromatic rings. The van der Waals surface area contributed by atoms with Crippen molar-refractivity contribution in [3.05, 3.63) is 20.7 Å². The Bertz CT molecular complexity index is 622. The summed E-state index contributed by atoms with van der Waals surface area (Å²) in [6.07, 6.45) is 18.0. The summed E-state index contributed by atoms with van der Waals surface area (Å²) in [6, 6.07) is 0. The van der Waals surface area contributed by atoms with Gasteiger partial charge in [-0.25, -0.2) is 4.98 Å². The monoisotopic (exact) mass is 455 g/mol. The van der Waals surface area contributed by atoms with Crippen LogP contribution in [-0.2, 0) is 16.1 Å². The van der Waals surface area contributed by atoms with Crippen molar-refractivity contribution in [3.63, 3.8) is 0 Å². The maximum absolute atomic E-state index is 12.1. The Morgan fingerprint density at radius 2 is 1.55 bits per heavy atom. The third-order valence-corrected chi connectivity index (χ3v) is 6.59. The minimum Gasteiger partial charge on any atom is -0.354 e. The van der Waals surface area contributed by atoms with E-state index in [-0.39, 0.29) is 18.9 Å². The summed E-state index contributed by atoms with van der Waals surface area (Å²) >= 11 is 1.42. The number of nitrogens with zero attached hydrogens (tertiary/aromatic N) is 2. The fourth-order valence-electron chi connectivity index (χ4n) is 3.55. The fourth-order valence-corrected chi connectivity index (χ4v) is 4.49. The highest BCUT2D eigenvalue weighted by Gasteiger charge is 2.10. The van der Waals surface area contributed by atoms with Crippen LogP contribution in [0.3, 0.4) is 0 Å². The predicted molar refractivity (Wildman–Crippen MR) is 127 cm³/mol. The first-order valence-electron chi connectivity index (χ1n) is 12.0. The number of hydrogen-bond donors (Lipinski definition) is 1. The van der Waals surface area contributed by atoms with Gasteiger partial charge in [0.2, 0.25) is 0 Å². The maximum atomic E-state index is 12.1. The van der Waals surface area contributed by atoms with E-state index >= 15 is 0 Å². The number of aromatic nitrogens is 1. The Morgan fingerprint density at radius 1 is 1.00 bits per heavy atom. The van der Waals surface area contributed by atoms with Crippen molar-refractivity contribution in [2.75, 3.05) is 18.5 Å². The van der Waals surface area contributed by atoms with E-state index in [0.717, 1.165) is 23.4 Å². The molecule has 1 rings (SSSR count). The molecule has 7 nitrogen and oxygen atoms in total. The number of rotatable bonds is 21. The van der Waals surface area contributed by atoms with Crippen molar-refractivity contribution in [2.24, 2.45) is 0 Å². The normalized spacial score (nSPS) is 10.9. The molecule has 178 valence electrons. The number of ketones is 1. The van der Waals surface area contributed by atoms with E-state index in [0.29, 0.717) is 18.0 Å². The van der Waals surface area contributed by atoms with E-state index in [4.69, 9.17) is 0 Å². The van der Waals surface area contributed by atoms with Crippen molar-refractivity contribution in [2.45, 2.75) is 110 Å². The first-order valence-corrected chi connectivity index (χ1v) is 12.8. The number of hydrogen-bond acceptors (Lipinski definition) is 7. The molecule has 31 heavy (non-hydrogen) atoms. The van der Waals surface area contributed by atoms with Crippen LogP contribution in [0.5, 0.6) is 0 Å². The molecule has 8 heteroatoms. The molecular formula is C23H41N3O4S. The van der Waals surface area contributed by atoms with Gasteiger partial charge in [0.05, 0.1) is 12.2 Å². The Balaban J connectivity index is 1.98. The summed E-state index contributed by atoms with van der Waals surface area (Å²) in [6.45, 7) is 4.43. The average Bonchev–Trinajstić information content (AvgIpc) is 3.09. The Morgan fingerprint density at radius 3 is 2.10 bits per heavy atom. The van der Waals surface area contributed by atoms with Gasteiger partial charge >= 0.3 is 0 Å². The lowest BCUT2D eigenvalue weighted by Crippen LogP contribution is -2.13. The van der Waals surface area contributed by atoms with Crippen LogP contribution in [0.4, 0.5) is 5.13 Å². The van der Waals surface area contributed by atoms with Gasteiger partial charge in [0.1, 0.15) is 6.61 Å². The summed E-state index contributed by atoms with van der Waals surface area (Å²) in [5.74, 6) is 0.203. The lowest BCUT2D eigenvalue weighted by Gasteiger charge is -2.04. The van der Waals surface area contributed by atoms with Gasteiger partial charge in [-0.1, -0.05) is 84.0 Å². The highest BCUT2D eigenvalue weighted by molar-refractivity contribution is 7.15. The number of carbonyl (C=O) groups excluding carboxylic acids is 1. The van der Waals surface area contributed by atoms with Crippen LogP contribution < -0.4 is 5.32 Å². The number of nitrogens with one attached hydrogen (secondary N) is 1. The third-order valence-electron chi connectivity index (χ3n) is 5.41. The Labute approximate surface area is 191 Å². The molecule has 0 saturated heterocycles. The molecule has 0 radical (unpaired) electrons. The topological polar surface area (TPSA) is 94.4 Å². The molecule has 0 aromatic carbocycles. The predicted octanol–water partition coefficient (Wildman–Crippen LogP) is 6.66. The smallest absolute Gasteiger partial charge is 0.294 e. The van der Waals surface area contributed by atoms with Gasteiger partial charge < -0.3 is 10.2 Å². The molecule has 0 aliphatic rings. The van der Waals surface area contributed by atoms with Crippen molar-refractivity contribution in [1.82, 2.24) is 4.98 Å². The fraction of sp³-hybridized carbons (Fsp3) is 0.826. The molecule has 1 aromatic heterocycles. The lowest BCUT2D eigenvalue weighted by molar-refractivity contribution is -0.757. The number of unbranched alkanes of at least 4 members (excludes halogenated alkanes) is 12. The zero-order valence-electron chi connectivity index (χ0n) is 19.5. The summed E-state index contributed by atoms with van der Waals surface area (Å²) in [7, 11) is 0. The average molecular weight is 456 g/mol. The van der Waals surface area contributed by atoms with E-state index in [1.807, 2.05) is 6.92 Å². The number of anilines is 1. The van der Waals surface area contributed by atoms with Crippen LogP contribution in [0.25, 0.3) is 0 Å². The molecule has 0 amide bonds. The zero-order chi connectivity index (χ0) is 22.7. The van der Waals surface area contributed by atoms with Crippen molar-refractivity contribution < 1.29 is 14.7 Å². The molecule has 0 bridgehead atoms. The van der Waals surface area contributed by atoms with Gasteiger partial charge in [-0.3, -0.25) is 4.79 Å².